The summed E-state index contributed by atoms with van der Waals surface area (Å²) in [6, 6.07) is 4.93. The van der Waals surface area contributed by atoms with Crippen LogP contribution in [-0.2, 0) is 0 Å². The summed E-state index contributed by atoms with van der Waals surface area (Å²) in [6.45, 7) is 2.47. The van der Waals surface area contributed by atoms with Crippen LogP contribution in [0.1, 0.15) is 6.92 Å². The second-order valence-corrected chi connectivity index (χ2v) is 3.35. The highest BCUT2D eigenvalue weighted by Gasteiger charge is 2.12. The van der Waals surface area contributed by atoms with Gasteiger partial charge in [0.25, 0.3) is 0 Å². The monoisotopic (exact) mass is 244 g/mol. The van der Waals surface area contributed by atoms with Crippen molar-refractivity contribution in [3.63, 3.8) is 0 Å². The molecule has 3 nitrogen and oxygen atoms in total. The lowest BCUT2D eigenvalue weighted by Gasteiger charge is -2.07. The second kappa shape index (κ2) is 4.65. The van der Waals surface area contributed by atoms with Crippen molar-refractivity contribution in [1.29, 1.82) is 0 Å². The third-order valence-electron chi connectivity index (χ3n) is 1.55. The molecule has 0 aliphatic carbocycles. The molecule has 0 heterocycles. The highest BCUT2D eigenvalue weighted by atomic mass is 79.9. The Morgan fingerprint density at radius 2 is 2.15 bits per heavy atom. The molecule has 0 spiro atoms. The maximum absolute atomic E-state index is 8.86. The zero-order valence-corrected chi connectivity index (χ0v) is 8.78. The molecular formula is C8H10BBrO3. The van der Waals surface area contributed by atoms with Crippen molar-refractivity contribution in [1.82, 2.24) is 0 Å². The molecule has 0 saturated carbocycles. The maximum Gasteiger partial charge on any atom is 0.488 e. The van der Waals surface area contributed by atoms with Crippen LogP contribution in [0.25, 0.3) is 0 Å². The van der Waals surface area contributed by atoms with Crippen LogP contribution in [-0.4, -0.2) is 23.8 Å². The molecular weight excluding hydrogens is 235 g/mol. The van der Waals surface area contributed by atoms with E-state index in [0.29, 0.717) is 17.8 Å². The van der Waals surface area contributed by atoms with Gasteiger partial charge in [-0.1, -0.05) is 6.07 Å². The van der Waals surface area contributed by atoms with E-state index in [4.69, 9.17) is 14.8 Å². The van der Waals surface area contributed by atoms with E-state index in [1.54, 1.807) is 18.2 Å². The fourth-order valence-corrected chi connectivity index (χ4v) is 1.46. The van der Waals surface area contributed by atoms with Gasteiger partial charge in [0.15, 0.2) is 0 Å². The van der Waals surface area contributed by atoms with Crippen LogP contribution in [0, 0.1) is 0 Å². The topological polar surface area (TPSA) is 49.7 Å². The van der Waals surface area contributed by atoms with E-state index in [-0.39, 0.29) is 0 Å². The van der Waals surface area contributed by atoms with Gasteiger partial charge in [-0.05, 0) is 40.4 Å². The van der Waals surface area contributed by atoms with E-state index in [1.165, 1.54) is 0 Å². The molecule has 0 fully saturated rings. The maximum atomic E-state index is 8.86. The minimum absolute atomic E-state index is 0.440. The molecule has 0 aliphatic heterocycles. The Morgan fingerprint density at radius 1 is 1.46 bits per heavy atom. The van der Waals surface area contributed by atoms with Crippen LogP contribution in [0.2, 0.25) is 0 Å². The van der Waals surface area contributed by atoms with Gasteiger partial charge in [-0.15, -0.1) is 0 Å². The first-order chi connectivity index (χ1) is 6.15. The van der Waals surface area contributed by atoms with Gasteiger partial charge in [-0.3, -0.25) is 0 Å². The Labute approximate surface area is 85.6 Å². The van der Waals surface area contributed by atoms with Gasteiger partial charge >= 0.3 is 7.12 Å². The van der Waals surface area contributed by atoms with Crippen molar-refractivity contribution in [2.75, 3.05) is 6.61 Å². The summed E-state index contributed by atoms with van der Waals surface area (Å²) >= 11 is 3.27. The van der Waals surface area contributed by atoms with Gasteiger partial charge in [-0.2, -0.15) is 0 Å². The fourth-order valence-electron chi connectivity index (χ4n) is 0.950. The van der Waals surface area contributed by atoms with Gasteiger partial charge < -0.3 is 14.8 Å². The van der Waals surface area contributed by atoms with E-state index in [9.17, 15) is 0 Å². The smallest absolute Gasteiger partial charge is 0.488 e. The molecule has 0 amide bonds. The molecule has 1 aromatic rings. The molecule has 5 heteroatoms. The Balaban J connectivity index is 2.92. The van der Waals surface area contributed by atoms with Crippen molar-refractivity contribution >= 4 is 28.5 Å². The third-order valence-corrected chi connectivity index (χ3v) is 2.17. The van der Waals surface area contributed by atoms with Crippen LogP contribution in [0.4, 0.5) is 0 Å². The van der Waals surface area contributed by atoms with Crippen LogP contribution in [0.5, 0.6) is 5.75 Å². The highest BCUT2D eigenvalue weighted by molar-refractivity contribution is 9.10. The fraction of sp³-hybridized carbons (Fsp3) is 0.250. The van der Waals surface area contributed by atoms with Crippen LogP contribution < -0.4 is 10.2 Å². The molecule has 0 atom stereocenters. The van der Waals surface area contributed by atoms with Crippen LogP contribution in [0.3, 0.4) is 0 Å². The predicted molar refractivity (Wildman–Crippen MR) is 55.1 cm³/mol. The molecule has 0 radical (unpaired) electrons. The Morgan fingerprint density at radius 3 is 2.62 bits per heavy atom. The Kier molecular flexibility index (Phi) is 3.78. The van der Waals surface area contributed by atoms with Gasteiger partial charge in [-0.25, -0.2) is 0 Å². The van der Waals surface area contributed by atoms with E-state index in [2.05, 4.69) is 15.9 Å². The first-order valence-electron chi connectivity index (χ1n) is 3.93. The SMILES string of the molecule is CCOc1ccc(B(O)O)cc1Br. The van der Waals surface area contributed by atoms with Crippen molar-refractivity contribution in [2.45, 2.75) is 6.92 Å². The standard InChI is InChI=1S/C8H10BBrO3/c1-2-13-8-4-3-6(9(11)12)5-7(8)10/h3-5,11-12H,2H2,1H3. The molecule has 0 saturated heterocycles. The molecule has 0 aliphatic rings. The molecule has 2 N–H and O–H groups in total. The molecule has 70 valence electrons. The molecule has 0 aromatic heterocycles. The Bertz CT molecular complexity index is 291. The summed E-state index contributed by atoms with van der Waals surface area (Å²) in [5, 5.41) is 17.7. The predicted octanol–water partition coefficient (Wildman–Crippen LogP) is 0.528. The quantitative estimate of drug-likeness (QED) is 0.763. The van der Waals surface area contributed by atoms with Crippen molar-refractivity contribution < 1.29 is 14.8 Å². The van der Waals surface area contributed by atoms with Gasteiger partial charge in [0.2, 0.25) is 0 Å². The van der Waals surface area contributed by atoms with Crippen molar-refractivity contribution in [3.05, 3.63) is 22.7 Å². The average Bonchev–Trinajstić information content (AvgIpc) is 2.08. The first kappa shape index (κ1) is 10.6. The molecule has 13 heavy (non-hydrogen) atoms. The number of hydrogen-bond acceptors (Lipinski definition) is 3. The average molecular weight is 245 g/mol. The minimum atomic E-state index is -1.44. The van der Waals surface area contributed by atoms with Crippen LogP contribution in [0.15, 0.2) is 22.7 Å². The minimum Gasteiger partial charge on any atom is -0.493 e. The van der Waals surface area contributed by atoms with E-state index >= 15 is 0 Å². The van der Waals surface area contributed by atoms with Gasteiger partial charge in [0.05, 0.1) is 11.1 Å². The lowest BCUT2D eigenvalue weighted by atomic mass is 9.80. The zero-order valence-electron chi connectivity index (χ0n) is 7.20. The normalized spacial score (nSPS) is 9.85. The summed E-state index contributed by atoms with van der Waals surface area (Å²) in [4.78, 5) is 0. The van der Waals surface area contributed by atoms with Crippen molar-refractivity contribution in [3.8, 4) is 5.75 Å². The summed E-state index contributed by atoms with van der Waals surface area (Å²) < 4.78 is 5.98. The van der Waals surface area contributed by atoms with Gasteiger partial charge in [0.1, 0.15) is 5.75 Å². The summed E-state index contributed by atoms with van der Waals surface area (Å²) in [7, 11) is -1.44. The third kappa shape index (κ3) is 2.72. The largest absolute Gasteiger partial charge is 0.493 e. The Hall–Kier alpha value is -0.515. The number of ether oxygens (including phenoxy) is 1. The first-order valence-corrected chi connectivity index (χ1v) is 4.72. The van der Waals surface area contributed by atoms with E-state index in [0.717, 1.165) is 4.47 Å². The summed E-state index contributed by atoms with van der Waals surface area (Å²) in [5.74, 6) is 0.701. The molecule has 1 rings (SSSR count). The lowest BCUT2D eigenvalue weighted by Crippen LogP contribution is -2.29. The number of rotatable bonds is 3. The summed E-state index contributed by atoms with van der Waals surface area (Å²) in [6.07, 6.45) is 0. The number of hydrogen-bond donors (Lipinski definition) is 2. The van der Waals surface area contributed by atoms with E-state index < -0.39 is 7.12 Å². The number of halogens is 1. The molecule has 0 unspecified atom stereocenters. The van der Waals surface area contributed by atoms with Gasteiger partial charge in [0, 0.05) is 0 Å². The number of benzene rings is 1. The highest BCUT2D eigenvalue weighted by Crippen LogP contribution is 2.22. The zero-order chi connectivity index (χ0) is 9.84. The van der Waals surface area contributed by atoms with Crippen LogP contribution >= 0.6 is 15.9 Å². The van der Waals surface area contributed by atoms with Crippen molar-refractivity contribution in [2.24, 2.45) is 0 Å². The van der Waals surface area contributed by atoms with E-state index in [1.807, 2.05) is 6.92 Å². The molecule has 1 aromatic carbocycles. The lowest BCUT2D eigenvalue weighted by molar-refractivity contribution is 0.338. The second-order valence-electron chi connectivity index (χ2n) is 2.50. The summed E-state index contributed by atoms with van der Waals surface area (Å²) in [5.41, 5.74) is 0.440. The molecule has 0 bridgehead atoms.